The van der Waals surface area contributed by atoms with Gasteiger partial charge in [0.1, 0.15) is 17.1 Å². The van der Waals surface area contributed by atoms with E-state index < -0.39 is 0 Å². The summed E-state index contributed by atoms with van der Waals surface area (Å²) < 4.78 is 12.1. The number of hydrogen-bond donors (Lipinski definition) is 1. The minimum Gasteiger partial charge on any atom is -0.454 e. The fourth-order valence-corrected chi connectivity index (χ4v) is 4.22. The number of aryl methyl sites for hydroxylation is 2. The third kappa shape index (κ3) is 2.55. The standard InChI is InChI=1S/C14H13N5O2S2/c1-7-12-8(5-10(20)16-13(12)23-18-7)9-3-4-11(21-9)22-14-17-15-6-19(14)2/h3-4,6,8H,5H2,1-2H3,(H,16,20)/t8-/m0/s1. The third-order valence-electron chi connectivity index (χ3n) is 3.71. The quantitative estimate of drug-likeness (QED) is 0.784. The molecular weight excluding hydrogens is 334 g/mol. The molecule has 4 heterocycles. The van der Waals surface area contributed by atoms with E-state index in [1.54, 1.807) is 6.33 Å². The lowest BCUT2D eigenvalue weighted by molar-refractivity contribution is -0.116. The van der Waals surface area contributed by atoms with Gasteiger partial charge in [-0.25, -0.2) is 0 Å². The number of hydrogen-bond acceptors (Lipinski definition) is 7. The minimum absolute atomic E-state index is 0.00921. The van der Waals surface area contributed by atoms with E-state index in [0.29, 0.717) is 6.42 Å². The molecule has 0 aliphatic carbocycles. The van der Waals surface area contributed by atoms with Crippen LogP contribution < -0.4 is 5.32 Å². The number of carbonyl (C=O) groups is 1. The van der Waals surface area contributed by atoms with Crippen LogP contribution >= 0.6 is 23.3 Å². The molecule has 0 fully saturated rings. The summed E-state index contributed by atoms with van der Waals surface area (Å²) in [4.78, 5) is 11.9. The number of rotatable bonds is 3. The van der Waals surface area contributed by atoms with Crippen molar-refractivity contribution in [1.82, 2.24) is 19.1 Å². The number of anilines is 1. The van der Waals surface area contributed by atoms with Gasteiger partial charge in [0.15, 0.2) is 10.2 Å². The van der Waals surface area contributed by atoms with E-state index in [1.165, 1.54) is 23.3 Å². The smallest absolute Gasteiger partial charge is 0.226 e. The van der Waals surface area contributed by atoms with Crippen molar-refractivity contribution in [3.05, 3.63) is 35.5 Å². The molecule has 1 atom stereocenters. The SMILES string of the molecule is Cc1nsc2c1[C@H](c1ccc(Sc3nncn3C)o1)CC(=O)N2. The van der Waals surface area contributed by atoms with Crippen LogP contribution in [0, 0.1) is 6.92 Å². The Balaban J connectivity index is 1.65. The number of nitrogens with zero attached hydrogens (tertiary/aromatic N) is 4. The first-order chi connectivity index (χ1) is 11.1. The maximum Gasteiger partial charge on any atom is 0.226 e. The first-order valence-corrected chi connectivity index (χ1v) is 8.58. The normalized spacial score (nSPS) is 17.1. The first kappa shape index (κ1) is 14.5. The topological polar surface area (TPSA) is 85.8 Å². The van der Waals surface area contributed by atoms with Crippen LogP contribution in [0.3, 0.4) is 0 Å². The lowest BCUT2D eigenvalue weighted by Gasteiger charge is -2.20. The van der Waals surface area contributed by atoms with E-state index in [2.05, 4.69) is 19.9 Å². The summed E-state index contributed by atoms with van der Waals surface area (Å²) in [5, 5.41) is 13.1. The molecule has 0 spiro atoms. The fraction of sp³-hybridized carbons (Fsp3) is 0.286. The van der Waals surface area contributed by atoms with Crippen LogP contribution in [0.5, 0.6) is 0 Å². The Morgan fingerprint density at radius 2 is 2.35 bits per heavy atom. The third-order valence-corrected chi connectivity index (χ3v) is 5.55. The lowest BCUT2D eigenvalue weighted by atomic mass is 9.90. The number of aromatic nitrogens is 4. The van der Waals surface area contributed by atoms with Gasteiger partial charge in [-0.3, -0.25) is 4.79 Å². The van der Waals surface area contributed by atoms with Crippen LogP contribution in [-0.4, -0.2) is 25.0 Å². The van der Waals surface area contributed by atoms with Gasteiger partial charge in [-0.1, -0.05) is 0 Å². The van der Waals surface area contributed by atoms with Crippen LogP contribution in [0.2, 0.25) is 0 Å². The number of fused-ring (bicyclic) bond motifs is 1. The highest BCUT2D eigenvalue weighted by Crippen LogP contribution is 2.42. The summed E-state index contributed by atoms with van der Waals surface area (Å²) in [6.45, 7) is 1.96. The van der Waals surface area contributed by atoms with Gasteiger partial charge >= 0.3 is 0 Å². The zero-order valence-electron chi connectivity index (χ0n) is 12.4. The number of furan rings is 1. The maximum absolute atomic E-state index is 11.9. The molecule has 0 radical (unpaired) electrons. The van der Waals surface area contributed by atoms with Gasteiger partial charge in [0, 0.05) is 19.0 Å². The van der Waals surface area contributed by atoms with E-state index >= 15 is 0 Å². The summed E-state index contributed by atoms with van der Waals surface area (Å²) in [5.74, 6) is 0.672. The van der Waals surface area contributed by atoms with E-state index in [9.17, 15) is 4.79 Å². The number of amides is 1. The van der Waals surface area contributed by atoms with Crippen molar-refractivity contribution < 1.29 is 9.21 Å². The molecule has 118 valence electrons. The highest BCUT2D eigenvalue weighted by Gasteiger charge is 2.32. The molecule has 1 aliphatic heterocycles. The highest BCUT2D eigenvalue weighted by molar-refractivity contribution is 7.99. The molecule has 0 unspecified atom stereocenters. The predicted molar refractivity (Wildman–Crippen MR) is 85.8 cm³/mol. The van der Waals surface area contributed by atoms with Crippen molar-refractivity contribution in [1.29, 1.82) is 0 Å². The van der Waals surface area contributed by atoms with E-state index in [4.69, 9.17) is 4.42 Å². The largest absolute Gasteiger partial charge is 0.454 e. The molecule has 7 nitrogen and oxygen atoms in total. The van der Waals surface area contributed by atoms with Gasteiger partial charge in [-0.05, 0) is 42.4 Å². The summed E-state index contributed by atoms with van der Waals surface area (Å²) in [6.07, 6.45) is 2.01. The van der Waals surface area contributed by atoms with Crippen molar-refractivity contribution in [3.63, 3.8) is 0 Å². The lowest BCUT2D eigenvalue weighted by Crippen LogP contribution is -2.22. The summed E-state index contributed by atoms with van der Waals surface area (Å²) in [6, 6.07) is 3.82. The summed E-state index contributed by atoms with van der Waals surface area (Å²) in [7, 11) is 1.88. The molecule has 9 heteroatoms. The number of nitrogens with one attached hydrogen (secondary N) is 1. The molecule has 3 aromatic rings. The second kappa shape index (κ2) is 5.50. The van der Waals surface area contributed by atoms with Crippen molar-refractivity contribution >= 4 is 34.2 Å². The molecule has 1 aliphatic rings. The Labute approximate surface area is 140 Å². The van der Waals surface area contributed by atoms with Crippen molar-refractivity contribution in [2.45, 2.75) is 29.5 Å². The van der Waals surface area contributed by atoms with Crippen LogP contribution in [-0.2, 0) is 11.8 Å². The molecule has 0 saturated heterocycles. The molecule has 0 aromatic carbocycles. The van der Waals surface area contributed by atoms with Gasteiger partial charge in [-0.2, -0.15) is 4.37 Å². The Morgan fingerprint density at radius 3 is 3.13 bits per heavy atom. The van der Waals surface area contributed by atoms with Crippen LogP contribution in [0.1, 0.15) is 29.4 Å². The second-order valence-corrected chi connectivity index (χ2v) is 7.04. The number of carbonyl (C=O) groups excluding carboxylic acids is 1. The highest BCUT2D eigenvalue weighted by atomic mass is 32.2. The fourth-order valence-electron chi connectivity index (χ4n) is 2.62. The molecule has 1 amide bonds. The molecule has 0 bridgehead atoms. The van der Waals surface area contributed by atoms with Gasteiger partial charge in [0.2, 0.25) is 5.91 Å². The van der Waals surface area contributed by atoms with E-state index in [-0.39, 0.29) is 11.8 Å². The Morgan fingerprint density at radius 1 is 1.48 bits per heavy atom. The molecule has 23 heavy (non-hydrogen) atoms. The average Bonchev–Trinajstić information content (AvgIpc) is 3.22. The Kier molecular flexibility index (Phi) is 3.46. The van der Waals surface area contributed by atoms with E-state index in [1.807, 2.05) is 30.7 Å². The minimum atomic E-state index is -0.0913. The van der Waals surface area contributed by atoms with Gasteiger partial charge < -0.3 is 14.3 Å². The zero-order chi connectivity index (χ0) is 16.0. The molecule has 0 saturated carbocycles. The van der Waals surface area contributed by atoms with Crippen LogP contribution in [0.4, 0.5) is 5.00 Å². The summed E-state index contributed by atoms with van der Waals surface area (Å²) >= 11 is 2.72. The Hall–Kier alpha value is -2.13. The zero-order valence-corrected chi connectivity index (χ0v) is 14.1. The molecule has 1 N–H and O–H groups in total. The predicted octanol–water partition coefficient (Wildman–Crippen LogP) is 2.80. The average molecular weight is 347 g/mol. The van der Waals surface area contributed by atoms with Gasteiger partial charge in [-0.15, -0.1) is 10.2 Å². The van der Waals surface area contributed by atoms with Crippen molar-refractivity contribution in [3.8, 4) is 0 Å². The van der Waals surface area contributed by atoms with Crippen molar-refractivity contribution in [2.24, 2.45) is 7.05 Å². The first-order valence-electron chi connectivity index (χ1n) is 6.99. The van der Waals surface area contributed by atoms with Crippen molar-refractivity contribution in [2.75, 3.05) is 5.32 Å². The van der Waals surface area contributed by atoms with Gasteiger partial charge in [0.25, 0.3) is 0 Å². The van der Waals surface area contributed by atoms with Crippen LogP contribution in [0.25, 0.3) is 0 Å². The monoisotopic (exact) mass is 347 g/mol. The molecule has 3 aromatic heterocycles. The van der Waals surface area contributed by atoms with Gasteiger partial charge in [0.05, 0.1) is 11.6 Å². The maximum atomic E-state index is 11.9. The van der Waals surface area contributed by atoms with E-state index in [0.717, 1.165) is 32.3 Å². The summed E-state index contributed by atoms with van der Waals surface area (Å²) in [5.41, 5.74) is 1.99. The molecular formula is C14H13N5O2S2. The Bertz CT molecular complexity index is 882. The second-order valence-electron chi connectivity index (χ2n) is 5.30. The van der Waals surface area contributed by atoms with Crippen LogP contribution in [0.15, 0.2) is 33.1 Å². The molecule has 4 rings (SSSR count).